The van der Waals surface area contributed by atoms with Crippen LogP contribution in [0.5, 0.6) is 5.75 Å². The maximum atomic E-state index is 9.04. The van der Waals surface area contributed by atoms with Crippen molar-refractivity contribution in [2.45, 2.75) is 20.0 Å². The Morgan fingerprint density at radius 3 is 2.87 bits per heavy atom. The summed E-state index contributed by atoms with van der Waals surface area (Å²) >= 11 is 0. The first-order chi connectivity index (χ1) is 7.24. The second kappa shape index (κ2) is 3.91. The number of hydrogen-bond acceptors (Lipinski definition) is 2. The third kappa shape index (κ3) is 1.81. The smallest absolute Gasteiger partial charge is 0.134 e. The van der Waals surface area contributed by atoms with Gasteiger partial charge in [-0.05, 0) is 35.8 Å². The second-order valence-corrected chi connectivity index (χ2v) is 3.58. The van der Waals surface area contributed by atoms with Gasteiger partial charge in [-0.15, -0.1) is 0 Å². The molecule has 1 aliphatic heterocycles. The number of aliphatic hydroxyl groups is 1. The minimum Gasteiger partial charge on any atom is -0.457 e. The van der Waals surface area contributed by atoms with Crippen LogP contribution in [0.25, 0.3) is 6.08 Å². The van der Waals surface area contributed by atoms with E-state index in [9.17, 15) is 0 Å². The average Bonchev–Trinajstić information content (AvgIpc) is 2.27. The maximum absolute atomic E-state index is 9.04. The highest BCUT2D eigenvalue weighted by Gasteiger charge is 2.14. The number of fused-ring (bicyclic) bond motifs is 1. The van der Waals surface area contributed by atoms with Crippen molar-refractivity contribution in [2.75, 3.05) is 0 Å². The maximum Gasteiger partial charge on any atom is 0.134 e. The van der Waals surface area contributed by atoms with Gasteiger partial charge >= 0.3 is 0 Å². The first-order valence-corrected chi connectivity index (χ1v) is 5.06. The third-order valence-electron chi connectivity index (χ3n) is 2.56. The first-order valence-electron chi connectivity index (χ1n) is 5.06. The molecule has 1 aromatic carbocycles. The Kier molecular flexibility index (Phi) is 2.60. The Balaban J connectivity index is 2.47. The lowest BCUT2D eigenvalue weighted by molar-refractivity contribution is 0.281. The Bertz CT molecular complexity index is 430. The fraction of sp³-hybridized carbons (Fsp3) is 0.231. The van der Waals surface area contributed by atoms with E-state index in [1.54, 1.807) is 0 Å². The quantitative estimate of drug-likeness (QED) is 0.799. The average molecular weight is 202 g/mol. The zero-order valence-electron chi connectivity index (χ0n) is 8.79. The molecule has 2 heteroatoms. The van der Waals surface area contributed by atoms with Gasteiger partial charge in [0.25, 0.3) is 0 Å². The van der Waals surface area contributed by atoms with Crippen molar-refractivity contribution in [1.82, 2.24) is 0 Å². The second-order valence-electron chi connectivity index (χ2n) is 3.58. The van der Waals surface area contributed by atoms with Gasteiger partial charge in [-0.3, -0.25) is 0 Å². The Morgan fingerprint density at radius 1 is 1.40 bits per heavy atom. The van der Waals surface area contributed by atoms with Crippen LogP contribution in [0.1, 0.15) is 24.5 Å². The van der Waals surface area contributed by atoms with E-state index in [0.717, 1.165) is 34.6 Å². The van der Waals surface area contributed by atoms with Crippen LogP contribution >= 0.6 is 0 Å². The summed E-state index contributed by atoms with van der Waals surface area (Å²) in [6, 6.07) is 5.67. The van der Waals surface area contributed by atoms with Crippen LogP contribution < -0.4 is 4.74 Å². The molecule has 0 fully saturated rings. The highest BCUT2D eigenvalue weighted by molar-refractivity contribution is 5.66. The highest BCUT2D eigenvalue weighted by atomic mass is 16.5. The van der Waals surface area contributed by atoms with Crippen molar-refractivity contribution >= 4 is 6.08 Å². The molecule has 2 nitrogen and oxygen atoms in total. The van der Waals surface area contributed by atoms with Gasteiger partial charge in [0.15, 0.2) is 0 Å². The fourth-order valence-electron chi connectivity index (χ4n) is 1.67. The van der Waals surface area contributed by atoms with Crippen LogP contribution in [0.15, 0.2) is 36.1 Å². The summed E-state index contributed by atoms with van der Waals surface area (Å²) in [7, 11) is 0. The lowest BCUT2D eigenvalue weighted by Gasteiger charge is -2.19. The van der Waals surface area contributed by atoms with Crippen molar-refractivity contribution in [1.29, 1.82) is 0 Å². The minimum absolute atomic E-state index is 0.0591. The molecule has 1 heterocycles. The van der Waals surface area contributed by atoms with E-state index >= 15 is 0 Å². The number of rotatable bonds is 2. The Labute approximate surface area is 89.5 Å². The summed E-state index contributed by atoms with van der Waals surface area (Å²) in [6.07, 6.45) is 2.97. The largest absolute Gasteiger partial charge is 0.457 e. The van der Waals surface area contributed by atoms with Gasteiger partial charge in [0, 0.05) is 5.56 Å². The summed E-state index contributed by atoms with van der Waals surface area (Å²) in [5, 5.41) is 9.04. The first kappa shape index (κ1) is 9.99. The summed E-state index contributed by atoms with van der Waals surface area (Å²) < 4.78 is 5.59. The van der Waals surface area contributed by atoms with E-state index in [0.29, 0.717) is 0 Å². The molecule has 0 spiro atoms. The lowest BCUT2D eigenvalue weighted by Crippen LogP contribution is -2.04. The van der Waals surface area contributed by atoms with Gasteiger partial charge in [-0.2, -0.15) is 0 Å². The molecule has 0 saturated heterocycles. The molecule has 15 heavy (non-hydrogen) atoms. The molecule has 0 saturated carbocycles. The van der Waals surface area contributed by atoms with Crippen molar-refractivity contribution in [3.05, 3.63) is 47.2 Å². The van der Waals surface area contributed by atoms with Gasteiger partial charge in [0.2, 0.25) is 0 Å². The molecule has 0 unspecified atom stereocenters. The third-order valence-corrected chi connectivity index (χ3v) is 2.56. The van der Waals surface area contributed by atoms with Crippen LogP contribution in [0.2, 0.25) is 0 Å². The minimum atomic E-state index is 0.0591. The van der Waals surface area contributed by atoms with Gasteiger partial charge in [-0.25, -0.2) is 0 Å². The molecule has 2 rings (SSSR count). The van der Waals surface area contributed by atoms with Gasteiger partial charge in [-0.1, -0.05) is 19.6 Å². The van der Waals surface area contributed by atoms with E-state index in [4.69, 9.17) is 9.84 Å². The normalized spacial score (nSPS) is 14.3. The molecule has 0 atom stereocenters. The van der Waals surface area contributed by atoms with Crippen molar-refractivity contribution in [3.8, 4) is 5.75 Å². The zero-order valence-corrected chi connectivity index (χ0v) is 8.79. The number of benzene rings is 1. The van der Waals surface area contributed by atoms with Crippen LogP contribution in [0.3, 0.4) is 0 Å². The molecule has 1 aliphatic rings. The van der Waals surface area contributed by atoms with Crippen molar-refractivity contribution in [3.63, 3.8) is 0 Å². The van der Waals surface area contributed by atoms with E-state index in [-0.39, 0.29) is 6.61 Å². The summed E-state index contributed by atoms with van der Waals surface area (Å²) in [5.41, 5.74) is 3.03. The summed E-state index contributed by atoms with van der Waals surface area (Å²) in [6.45, 7) is 6.00. The predicted octanol–water partition coefficient (Wildman–Crippen LogP) is 2.88. The number of aliphatic hydroxyl groups excluding tert-OH is 1. The number of ether oxygens (including phenoxy) is 1. The Hall–Kier alpha value is -1.54. The molecular formula is C13H14O2. The fourth-order valence-corrected chi connectivity index (χ4v) is 1.67. The monoisotopic (exact) mass is 202 g/mol. The molecular weight excluding hydrogens is 188 g/mol. The zero-order chi connectivity index (χ0) is 10.8. The summed E-state index contributed by atoms with van der Waals surface area (Å²) in [4.78, 5) is 0. The van der Waals surface area contributed by atoms with Crippen LogP contribution in [0.4, 0.5) is 0 Å². The van der Waals surface area contributed by atoms with Gasteiger partial charge < -0.3 is 9.84 Å². The number of allylic oxidation sites excluding steroid dienone is 1. The van der Waals surface area contributed by atoms with Crippen molar-refractivity contribution < 1.29 is 9.84 Å². The Morgan fingerprint density at radius 2 is 2.20 bits per heavy atom. The topological polar surface area (TPSA) is 29.5 Å². The molecule has 1 N–H and O–H groups in total. The molecule has 1 aromatic rings. The number of hydrogen-bond donors (Lipinski definition) is 1. The van der Waals surface area contributed by atoms with Gasteiger partial charge in [0.05, 0.1) is 6.61 Å². The van der Waals surface area contributed by atoms with Crippen LogP contribution in [0, 0.1) is 0 Å². The SMILES string of the molecule is C=C1Oc2ccc(CO)cc2C=C1CC. The van der Waals surface area contributed by atoms with Crippen molar-refractivity contribution in [2.24, 2.45) is 0 Å². The van der Waals surface area contributed by atoms with E-state index < -0.39 is 0 Å². The van der Waals surface area contributed by atoms with Gasteiger partial charge in [0.1, 0.15) is 11.5 Å². The van der Waals surface area contributed by atoms with E-state index in [1.807, 2.05) is 18.2 Å². The van der Waals surface area contributed by atoms with Crippen LogP contribution in [-0.2, 0) is 6.61 Å². The van der Waals surface area contributed by atoms with E-state index in [2.05, 4.69) is 19.6 Å². The van der Waals surface area contributed by atoms with E-state index in [1.165, 1.54) is 0 Å². The van der Waals surface area contributed by atoms with Crippen LogP contribution in [-0.4, -0.2) is 5.11 Å². The predicted molar refractivity (Wildman–Crippen MR) is 60.4 cm³/mol. The molecule has 0 bridgehead atoms. The highest BCUT2D eigenvalue weighted by Crippen LogP contribution is 2.32. The molecule has 0 radical (unpaired) electrons. The molecule has 0 aliphatic carbocycles. The molecule has 0 aromatic heterocycles. The summed E-state index contributed by atoms with van der Waals surface area (Å²) in [5.74, 6) is 1.54. The molecule has 0 amide bonds. The molecule has 78 valence electrons. The standard InChI is InChI=1S/C13H14O2/c1-3-11-7-12-6-10(8-14)4-5-13(12)15-9(11)2/h4-7,14H,2-3,8H2,1H3. The lowest BCUT2D eigenvalue weighted by atomic mass is 10.0.